The van der Waals surface area contributed by atoms with E-state index in [1.54, 1.807) is 6.92 Å². The molecule has 2 aromatic heterocycles. The maximum atomic E-state index is 12.3. The van der Waals surface area contributed by atoms with Gasteiger partial charge in [-0.05, 0) is 18.5 Å². The molecule has 0 atom stereocenters. The molecule has 0 saturated carbocycles. The minimum atomic E-state index is -1.09. The Hall–Kier alpha value is -2.22. The normalized spacial score (nSPS) is 11.4. The van der Waals surface area contributed by atoms with Crippen molar-refractivity contribution >= 4 is 29.1 Å². The maximum Gasteiger partial charge on any atom is 0.339 e. The molecule has 0 aliphatic carbocycles. The number of hydrogen-bond donors (Lipinski definition) is 3. The number of aromatic nitrogens is 3. The van der Waals surface area contributed by atoms with Crippen molar-refractivity contribution in [2.75, 3.05) is 5.32 Å². The number of hydrogen-bond acceptors (Lipinski definition) is 5. The summed E-state index contributed by atoms with van der Waals surface area (Å²) in [6, 6.07) is 0. The lowest BCUT2D eigenvalue weighted by molar-refractivity contribution is 0.0697. The zero-order valence-corrected chi connectivity index (χ0v) is 13.0. The van der Waals surface area contributed by atoms with Gasteiger partial charge in [-0.2, -0.15) is 0 Å². The van der Waals surface area contributed by atoms with Crippen LogP contribution in [0.4, 0.5) is 5.69 Å². The number of amides is 1. The van der Waals surface area contributed by atoms with Crippen molar-refractivity contribution in [1.82, 2.24) is 14.6 Å². The van der Waals surface area contributed by atoms with Crippen LogP contribution in [0.5, 0.6) is 0 Å². The van der Waals surface area contributed by atoms with Crippen molar-refractivity contribution in [3.8, 4) is 0 Å². The average Bonchev–Trinajstić information content (AvgIpc) is 2.95. The van der Waals surface area contributed by atoms with Gasteiger partial charge in [-0.25, -0.2) is 4.79 Å². The van der Waals surface area contributed by atoms with E-state index in [0.29, 0.717) is 16.3 Å². The number of nitrogens with zero attached hydrogens (tertiary/aromatic N) is 2. The molecule has 3 N–H and O–H groups in total. The lowest BCUT2D eigenvalue weighted by Crippen LogP contribution is -2.20. The quantitative estimate of drug-likeness (QED) is 0.807. The van der Waals surface area contributed by atoms with Crippen molar-refractivity contribution in [2.45, 2.75) is 33.1 Å². The Morgan fingerprint density at radius 3 is 2.62 bits per heavy atom. The number of carbonyl (C=O) groups is 2. The summed E-state index contributed by atoms with van der Waals surface area (Å²) in [6.45, 7) is 7.44. The molecule has 112 valence electrons. The number of carboxylic acids is 1. The zero-order valence-electron chi connectivity index (χ0n) is 12.1. The molecule has 0 radical (unpaired) electrons. The summed E-state index contributed by atoms with van der Waals surface area (Å²) in [5.74, 6) is -1.50. The minimum absolute atomic E-state index is 0.0538. The van der Waals surface area contributed by atoms with Crippen LogP contribution in [-0.4, -0.2) is 31.6 Å². The van der Waals surface area contributed by atoms with Gasteiger partial charge in [-0.3, -0.25) is 4.79 Å². The molecule has 1 amide bonds. The summed E-state index contributed by atoms with van der Waals surface area (Å²) in [6.07, 6.45) is 1.46. The van der Waals surface area contributed by atoms with Crippen LogP contribution >= 0.6 is 11.5 Å². The van der Waals surface area contributed by atoms with Crippen molar-refractivity contribution in [3.05, 3.63) is 28.0 Å². The van der Waals surface area contributed by atoms with Gasteiger partial charge in [-0.1, -0.05) is 25.3 Å². The van der Waals surface area contributed by atoms with E-state index in [1.165, 1.54) is 6.20 Å². The summed E-state index contributed by atoms with van der Waals surface area (Å²) in [7, 11) is 0. The number of aryl methyl sites for hydroxylation is 1. The minimum Gasteiger partial charge on any atom is -0.478 e. The molecule has 0 unspecified atom stereocenters. The molecule has 0 bridgehead atoms. The highest BCUT2D eigenvalue weighted by Crippen LogP contribution is 2.27. The first kappa shape index (κ1) is 15.2. The number of aromatic amines is 1. The monoisotopic (exact) mass is 308 g/mol. The third-order valence-electron chi connectivity index (χ3n) is 2.94. The van der Waals surface area contributed by atoms with Gasteiger partial charge in [0.15, 0.2) is 0 Å². The van der Waals surface area contributed by atoms with Gasteiger partial charge in [0.05, 0.1) is 11.4 Å². The molecule has 0 fully saturated rings. The first-order valence-electron chi connectivity index (χ1n) is 6.27. The third kappa shape index (κ3) is 2.94. The van der Waals surface area contributed by atoms with Crippen LogP contribution in [0.3, 0.4) is 0 Å². The van der Waals surface area contributed by atoms with Gasteiger partial charge >= 0.3 is 5.97 Å². The summed E-state index contributed by atoms with van der Waals surface area (Å²) in [5, 5.41) is 15.8. The number of anilines is 1. The van der Waals surface area contributed by atoms with Crippen LogP contribution in [0.15, 0.2) is 6.20 Å². The number of carboxylic acid groups (broad SMARTS) is 1. The lowest BCUT2D eigenvalue weighted by atomic mass is 9.91. The smallest absolute Gasteiger partial charge is 0.339 e. The highest BCUT2D eigenvalue weighted by molar-refractivity contribution is 7.08. The first-order valence-corrected chi connectivity index (χ1v) is 7.04. The Kier molecular flexibility index (Phi) is 3.82. The molecule has 2 rings (SSSR count). The van der Waals surface area contributed by atoms with Crippen LogP contribution in [-0.2, 0) is 5.41 Å². The summed E-state index contributed by atoms with van der Waals surface area (Å²) < 4.78 is 3.82. The molecule has 0 spiro atoms. The Balaban J connectivity index is 2.32. The fourth-order valence-corrected chi connectivity index (χ4v) is 2.68. The topological polar surface area (TPSA) is 108 Å². The van der Waals surface area contributed by atoms with Crippen molar-refractivity contribution in [1.29, 1.82) is 0 Å². The molecule has 21 heavy (non-hydrogen) atoms. The molecule has 0 aliphatic heterocycles. The van der Waals surface area contributed by atoms with E-state index >= 15 is 0 Å². The molecular formula is C13H16N4O3S. The number of carbonyl (C=O) groups excluding carboxylic acids is 1. The Morgan fingerprint density at radius 2 is 2.05 bits per heavy atom. The number of aromatic carboxylic acids is 1. The summed E-state index contributed by atoms with van der Waals surface area (Å²) >= 11 is 0.994. The third-order valence-corrected chi connectivity index (χ3v) is 3.67. The summed E-state index contributed by atoms with van der Waals surface area (Å²) in [5.41, 5.74) is 1.05. The molecule has 7 nitrogen and oxygen atoms in total. The highest BCUT2D eigenvalue weighted by Gasteiger charge is 2.27. The predicted molar refractivity (Wildman–Crippen MR) is 79.1 cm³/mol. The molecule has 0 saturated heterocycles. The summed E-state index contributed by atoms with van der Waals surface area (Å²) in [4.78, 5) is 26.7. The largest absolute Gasteiger partial charge is 0.478 e. The standard InChI is InChI=1S/C13H16N4O3S/c1-6-8(12(19)20)7(5-14-6)15-11(18)9-10(13(2,3)4)16-17-21-9/h5,14H,1-4H3,(H,15,18)(H,19,20). The Labute approximate surface area is 125 Å². The van der Waals surface area contributed by atoms with Crippen LogP contribution in [0.25, 0.3) is 0 Å². The predicted octanol–water partition coefficient (Wildman–Crippen LogP) is 2.42. The van der Waals surface area contributed by atoms with E-state index in [0.717, 1.165) is 11.5 Å². The van der Waals surface area contributed by atoms with Crippen molar-refractivity contribution in [3.63, 3.8) is 0 Å². The molecule has 2 aromatic rings. The van der Waals surface area contributed by atoms with Gasteiger partial charge in [0, 0.05) is 17.3 Å². The van der Waals surface area contributed by atoms with E-state index in [2.05, 4.69) is 19.9 Å². The SMILES string of the molecule is Cc1[nH]cc(NC(=O)c2snnc2C(C)(C)C)c1C(=O)O. The van der Waals surface area contributed by atoms with Gasteiger partial charge in [0.1, 0.15) is 10.4 Å². The number of rotatable bonds is 3. The fraction of sp³-hybridized carbons (Fsp3) is 0.385. The Bertz CT molecular complexity index is 697. The van der Waals surface area contributed by atoms with Crippen LogP contribution in [0.1, 0.15) is 52.2 Å². The highest BCUT2D eigenvalue weighted by atomic mass is 32.1. The lowest BCUT2D eigenvalue weighted by Gasteiger charge is -2.16. The van der Waals surface area contributed by atoms with E-state index in [9.17, 15) is 9.59 Å². The maximum absolute atomic E-state index is 12.3. The molecule has 2 heterocycles. The van der Waals surface area contributed by atoms with Gasteiger partial charge in [-0.15, -0.1) is 5.10 Å². The van der Waals surface area contributed by atoms with Crippen LogP contribution in [0, 0.1) is 6.92 Å². The van der Waals surface area contributed by atoms with Crippen LogP contribution in [0.2, 0.25) is 0 Å². The zero-order chi connectivity index (χ0) is 15.8. The van der Waals surface area contributed by atoms with E-state index < -0.39 is 11.9 Å². The second-order valence-electron chi connectivity index (χ2n) is 5.66. The van der Waals surface area contributed by atoms with Crippen LogP contribution < -0.4 is 5.32 Å². The molecule has 0 aromatic carbocycles. The van der Waals surface area contributed by atoms with E-state index in [4.69, 9.17) is 5.11 Å². The second kappa shape index (κ2) is 5.28. The van der Waals surface area contributed by atoms with Gasteiger partial charge in [0.2, 0.25) is 0 Å². The molecular weight excluding hydrogens is 292 g/mol. The fourth-order valence-electron chi connectivity index (χ4n) is 1.91. The van der Waals surface area contributed by atoms with Crippen molar-refractivity contribution < 1.29 is 14.7 Å². The van der Waals surface area contributed by atoms with E-state index in [-0.39, 0.29) is 16.7 Å². The number of H-pyrrole nitrogens is 1. The number of nitrogens with one attached hydrogen (secondary N) is 2. The van der Waals surface area contributed by atoms with E-state index in [1.807, 2.05) is 20.8 Å². The first-order chi connectivity index (χ1) is 9.71. The van der Waals surface area contributed by atoms with Gasteiger partial charge in [0.25, 0.3) is 5.91 Å². The molecule has 0 aliphatic rings. The van der Waals surface area contributed by atoms with Crippen molar-refractivity contribution in [2.24, 2.45) is 0 Å². The second-order valence-corrected chi connectivity index (χ2v) is 6.42. The average molecular weight is 308 g/mol. The van der Waals surface area contributed by atoms with Gasteiger partial charge < -0.3 is 15.4 Å². The molecule has 8 heteroatoms. The Morgan fingerprint density at radius 1 is 1.38 bits per heavy atom.